The summed E-state index contributed by atoms with van der Waals surface area (Å²) in [5, 5.41) is 170. The van der Waals surface area contributed by atoms with Gasteiger partial charge in [0.05, 0.1) is 40.3 Å². The molecule has 4 atom stereocenters. The molecule has 1 aromatic heterocycles. The number of nitrogens with zero attached hydrogens (tertiary/aromatic N) is 3. The van der Waals surface area contributed by atoms with Crippen LogP contribution in [0, 0.1) is 41.5 Å². The molecule has 0 saturated heterocycles. The lowest BCUT2D eigenvalue weighted by atomic mass is 9.73. The topological polar surface area (TPSA) is 295 Å². The van der Waals surface area contributed by atoms with E-state index in [9.17, 15) is 71.5 Å². The fourth-order valence-electron chi connectivity index (χ4n) is 12.1. The van der Waals surface area contributed by atoms with Gasteiger partial charge in [-0.2, -0.15) is 0 Å². The summed E-state index contributed by atoms with van der Waals surface area (Å²) in [6.45, 7) is 12.7. The molecule has 0 fully saturated rings. The molecule has 73 heavy (non-hydrogen) atoms. The van der Waals surface area contributed by atoms with Crippen molar-refractivity contribution in [1.29, 1.82) is 0 Å². The van der Waals surface area contributed by atoms with Crippen molar-refractivity contribution >= 4 is 44.6 Å². The third kappa shape index (κ3) is 5.55. The monoisotopic (exact) mass is 989 g/mol. The normalized spacial score (nSPS) is 19.5. The number of aromatic nitrogens is 1. The molecular formula is C56H51N3O14. The highest BCUT2D eigenvalue weighted by molar-refractivity contribution is 6.21. The Morgan fingerprint density at radius 2 is 0.904 bits per heavy atom. The van der Waals surface area contributed by atoms with E-state index in [-0.39, 0.29) is 78.5 Å². The number of phenols is 10. The molecule has 2 aliphatic heterocycles. The zero-order valence-corrected chi connectivity index (χ0v) is 40.6. The Hall–Kier alpha value is -9.12. The van der Waals surface area contributed by atoms with E-state index in [0.29, 0.717) is 33.5 Å². The molecule has 4 unspecified atom stereocenters. The van der Waals surface area contributed by atoms with E-state index in [1.807, 2.05) is 13.0 Å². The number of para-hydroxylation sites is 1. The lowest BCUT2D eigenvalue weighted by Gasteiger charge is -2.38. The maximum atomic E-state index is 13.0. The molecule has 6 aromatic carbocycles. The number of rotatable bonds is 4. The van der Waals surface area contributed by atoms with Gasteiger partial charge in [0, 0.05) is 50.0 Å². The first kappa shape index (κ1) is 46.3. The standard InChI is InChI=1S/C56H51N3O14/c1-18-13-12-16-27(17-18)58-37-29(28-19(2)20(3)47(64)52(69)38(28)58)23(6)48(65)54(71)42(37)59-36-25(8)44(61)35(50(67)31(36)34-41(59)53(70)56(73)55(72)51(34)68)30-24(7)46(63)40-33(49(30)66)32-39(45(62)22(5)21(4)43(32)60)57(40)26-14-10-9-11-15-26/h9-17,31,33,36,40,60-73H,1-8H3. The highest BCUT2D eigenvalue weighted by atomic mass is 16.3. The SMILES string of the molecule is CC1=C(O)C2C(C(O)=C1C1=C(O)C3c4c(O)c(O)c(O)c(O)c4N(c4c(O)c(O)c(C)c5c6c(C)c(C)c(O)c(O)c6n(-c6cccc(C)c6)c45)C3C(C)=C1O)c1c(O)c(C)c(C)c(O)c1N2c1ccccc1. The van der Waals surface area contributed by atoms with E-state index >= 15 is 0 Å². The van der Waals surface area contributed by atoms with Crippen molar-refractivity contribution < 1.29 is 71.5 Å². The Balaban J connectivity index is 1.24. The third-order valence-electron chi connectivity index (χ3n) is 16.0. The second-order valence-corrected chi connectivity index (χ2v) is 19.6. The van der Waals surface area contributed by atoms with Crippen LogP contribution in [0.1, 0.15) is 70.2 Å². The van der Waals surface area contributed by atoms with Crippen molar-refractivity contribution in [3.05, 3.63) is 144 Å². The molecule has 0 saturated carbocycles. The Morgan fingerprint density at radius 1 is 0.384 bits per heavy atom. The molecule has 0 amide bonds. The number of allylic oxidation sites excluding steroid dienone is 2. The zero-order chi connectivity index (χ0) is 52.6. The maximum absolute atomic E-state index is 13.0. The molecule has 374 valence electrons. The lowest BCUT2D eigenvalue weighted by Crippen LogP contribution is -2.38. The van der Waals surface area contributed by atoms with E-state index in [1.165, 1.54) is 30.2 Å². The number of aliphatic hydroxyl groups is 4. The number of aliphatic hydroxyl groups excluding tert-OH is 4. The molecule has 0 spiro atoms. The number of phenolic OH excluding ortho intramolecular Hbond substituents is 10. The van der Waals surface area contributed by atoms with Gasteiger partial charge in [-0.3, -0.25) is 0 Å². The summed E-state index contributed by atoms with van der Waals surface area (Å²) < 4.78 is 1.53. The Labute approximate surface area is 416 Å². The Bertz CT molecular complexity index is 3860. The Kier molecular flexibility index (Phi) is 9.63. The average molecular weight is 990 g/mol. The molecule has 0 bridgehead atoms. The first-order valence-corrected chi connectivity index (χ1v) is 23.3. The van der Waals surface area contributed by atoms with Crippen LogP contribution in [-0.2, 0) is 0 Å². The number of hydrogen-bond donors (Lipinski definition) is 14. The van der Waals surface area contributed by atoms with Gasteiger partial charge in [-0.05, 0) is 113 Å². The van der Waals surface area contributed by atoms with E-state index in [1.54, 1.807) is 81.1 Å². The van der Waals surface area contributed by atoms with E-state index in [2.05, 4.69) is 0 Å². The first-order valence-electron chi connectivity index (χ1n) is 23.3. The summed E-state index contributed by atoms with van der Waals surface area (Å²) >= 11 is 0. The summed E-state index contributed by atoms with van der Waals surface area (Å²) in [7, 11) is 0. The maximum Gasteiger partial charge on any atom is 0.206 e. The quantitative estimate of drug-likeness (QED) is 0.0576. The average Bonchev–Trinajstić information content (AvgIpc) is 4.05. The van der Waals surface area contributed by atoms with Crippen LogP contribution in [0.5, 0.6) is 57.5 Å². The minimum Gasteiger partial charge on any atom is -0.511 e. The van der Waals surface area contributed by atoms with Crippen LogP contribution in [0.2, 0.25) is 0 Å². The van der Waals surface area contributed by atoms with Crippen LogP contribution in [0.15, 0.2) is 99.9 Å². The minimum absolute atomic E-state index is 0.0327. The Morgan fingerprint density at radius 3 is 1.56 bits per heavy atom. The van der Waals surface area contributed by atoms with Crippen LogP contribution < -0.4 is 9.80 Å². The number of hydrogen-bond acceptors (Lipinski definition) is 16. The van der Waals surface area contributed by atoms with Gasteiger partial charge in [-0.15, -0.1) is 0 Å². The summed E-state index contributed by atoms with van der Waals surface area (Å²) in [6, 6.07) is 12.9. The highest BCUT2D eigenvalue weighted by Gasteiger charge is 2.57. The third-order valence-corrected chi connectivity index (χ3v) is 16.0. The molecule has 17 heteroatoms. The van der Waals surface area contributed by atoms with Crippen molar-refractivity contribution in [3.63, 3.8) is 0 Å². The largest absolute Gasteiger partial charge is 0.511 e. The summed E-state index contributed by atoms with van der Waals surface area (Å²) in [5.41, 5.74) is 1.06. The van der Waals surface area contributed by atoms with Crippen molar-refractivity contribution in [2.75, 3.05) is 9.80 Å². The van der Waals surface area contributed by atoms with Gasteiger partial charge in [-0.25, -0.2) is 0 Å². The molecule has 7 aromatic rings. The van der Waals surface area contributed by atoms with Crippen molar-refractivity contribution in [2.45, 2.75) is 79.3 Å². The van der Waals surface area contributed by atoms with Gasteiger partial charge in [-0.1, -0.05) is 30.3 Å². The predicted octanol–water partition coefficient (Wildman–Crippen LogP) is 10.9. The minimum atomic E-state index is -1.69. The molecule has 2 aliphatic carbocycles. The van der Waals surface area contributed by atoms with Crippen LogP contribution in [-0.4, -0.2) is 88.1 Å². The zero-order valence-electron chi connectivity index (χ0n) is 40.6. The summed E-state index contributed by atoms with van der Waals surface area (Å²) in [4.78, 5) is 2.76. The molecule has 11 rings (SSSR count). The highest BCUT2D eigenvalue weighted by Crippen LogP contribution is 2.68. The number of fused-ring (bicyclic) bond motifs is 9. The van der Waals surface area contributed by atoms with Crippen molar-refractivity contribution in [1.82, 2.24) is 4.57 Å². The molecular weight excluding hydrogens is 939 g/mol. The van der Waals surface area contributed by atoms with E-state index in [0.717, 1.165) is 5.56 Å². The van der Waals surface area contributed by atoms with E-state index in [4.69, 9.17) is 0 Å². The molecule has 17 nitrogen and oxygen atoms in total. The van der Waals surface area contributed by atoms with Crippen molar-refractivity contribution in [3.8, 4) is 63.2 Å². The van der Waals surface area contributed by atoms with Crippen LogP contribution >= 0.6 is 0 Å². The van der Waals surface area contributed by atoms with Gasteiger partial charge >= 0.3 is 0 Å². The fourth-order valence-corrected chi connectivity index (χ4v) is 12.1. The number of benzene rings is 6. The van der Waals surface area contributed by atoms with Crippen LogP contribution in [0.4, 0.5) is 22.7 Å². The van der Waals surface area contributed by atoms with Gasteiger partial charge < -0.3 is 85.9 Å². The van der Waals surface area contributed by atoms with Gasteiger partial charge in [0.2, 0.25) is 11.5 Å². The van der Waals surface area contributed by atoms with Crippen molar-refractivity contribution in [2.24, 2.45) is 0 Å². The van der Waals surface area contributed by atoms with Crippen LogP contribution in [0.3, 0.4) is 0 Å². The number of aromatic hydroxyl groups is 10. The lowest BCUT2D eigenvalue weighted by molar-refractivity contribution is 0.288. The summed E-state index contributed by atoms with van der Waals surface area (Å²) in [6.07, 6.45) is 0. The van der Waals surface area contributed by atoms with E-state index < -0.39 is 104 Å². The second kappa shape index (κ2) is 15.2. The number of anilines is 4. The molecule has 4 aliphatic rings. The molecule has 3 heterocycles. The molecule has 14 N–H and O–H groups in total. The van der Waals surface area contributed by atoms with Gasteiger partial charge in [0.15, 0.2) is 34.5 Å². The summed E-state index contributed by atoms with van der Waals surface area (Å²) in [5.74, 6) is -13.1. The fraction of sp³-hybridized carbons (Fsp3) is 0.214. The van der Waals surface area contributed by atoms with Gasteiger partial charge in [0.25, 0.3) is 0 Å². The second-order valence-electron chi connectivity index (χ2n) is 19.6. The predicted molar refractivity (Wildman–Crippen MR) is 272 cm³/mol. The number of aryl methyl sites for hydroxylation is 3. The molecule has 0 radical (unpaired) electrons. The smallest absolute Gasteiger partial charge is 0.206 e. The van der Waals surface area contributed by atoms with Gasteiger partial charge in [0.1, 0.15) is 51.8 Å². The van der Waals surface area contributed by atoms with Crippen LogP contribution in [0.25, 0.3) is 27.5 Å². The first-order chi connectivity index (χ1) is 34.5.